The Morgan fingerprint density at radius 1 is 1.10 bits per heavy atom. The maximum Gasteiger partial charge on any atom is 0.409 e. The van der Waals surface area contributed by atoms with E-state index in [1.165, 1.54) is 12.3 Å². The van der Waals surface area contributed by atoms with Crippen LogP contribution < -0.4 is 5.32 Å². The molecule has 1 heterocycles. The fourth-order valence-corrected chi connectivity index (χ4v) is 2.00. The van der Waals surface area contributed by atoms with Gasteiger partial charge in [0, 0.05) is 17.2 Å². The number of rotatable bonds is 4. The van der Waals surface area contributed by atoms with Gasteiger partial charge < -0.3 is 0 Å². The Morgan fingerprint density at radius 2 is 1.80 bits per heavy atom. The lowest BCUT2D eigenvalue weighted by molar-refractivity contribution is -0.159. The highest BCUT2D eigenvalue weighted by atomic mass is 79.9. The molecule has 2 rings (SSSR count). The molecule has 1 unspecified atom stereocenters. The first-order valence-electron chi connectivity index (χ1n) is 5.92. The SMILES string of the molecule is FC(F)(F)C(NCc1ccccc1)c1ccc(Br)cn1. The van der Waals surface area contributed by atoms with E-state index < -0.39 is 12.2 Å². The molecular weight excluding hydrogens is 333 g/mol. The van der Waals surface area contributed by atoms with Crippen molar-refractivity contribution >= 4 is 15.9 Å². The Morgan fingerprint density at radius 3 is 2.35 bits per heavy atom. The molecule has 1 aromatic heterocycles. The molecule has 1 N–H and O–H groups in total. The van der Waals surface area contributed by atoms with E-state index in [4.69, 9.17) is 0 Å². The van der Waals surface area contributed by atoms with Crippen molar-refractivity contribution in [1.82, 2.24) is 10.3 Å². The minimum absolute atomic E-state index is 0.0448. The predicted octanol–water partition coefficient (Wildman–Crippen LogP) is 4.24. The number of benzene rings is 1. The van der Waals surface area contributed by atoms with E-state index in [0.717, 1.165) is 5.56 Å². The van der Waals surface area contributed by atoms with Crippen molar-refractivity contribution in [3.05, 3.63) is 64.4 Å². The van der Waals surface area contributed by atoms with Crippen LogP contribution in [0.25, 0.3) is 0 Å². The van der Waals surface area contributed by atoms with Crippen molar-refractivity contribution in [3.8, 4) is 0 Å². The van der Waals surface area contributed by atoms with Crippen molar-refractivity contribution in [2.24, 2.45) is 0 Å². The second kappa shape index (κ2) is 6.37. The van der Waals surface area contributed by atoms with Crippen LogP contribution in [0.2, 0.25) is 0 Å². The summed E-state index contributed by atoms with van der Waals surface area (Å²) in [7, 11) is 0. The standard InChI is InChI=1S/C14H12BrF3N2/c15-11-6-7-12(19-9-11)13(14(16,17)18)20-8-10-4-2-1-3-5-10/h1-7,9,13,20H,8H2. The Balaban J connectivity index is 2.14. The fourth-order valence-electron chi connectivity index (χ4n) is 1.76. The third-order valence-corrected chi connectivity index (χ3v) is 3.20. The number of aromatic nitrogens is 1. The second-order valence-electron chi connectivity index (χ2n) is 4.24. The number of pyridine rings is 1. The van der Waals surface area contributed by atoms with E-state index in [2.05, 4.69) is 26.2 Å². The highest BCUT2D eigenvalue weighted by molar-refractivity contribution is 9.10. The molecule has 0 aliphatic heterocycles. The first-order chi connectivity index (χ1) is 9.47. The van der Waals surface area contributed by atoms with Crippen LogP contribution in [0.15, 0.2) is 53.1 Å². The Kier molecular flexibility index (Phi) is 4.77. The van der Waals surface area contributed by atoms with Gasteiger partial charge in [0.15, 0.2) is 0 Å². The molecule has 0 aliphatic rings. The van der Waals surface area contributed by atoms with Crippen molar-refractivity contribution in [1.29, 1.82) is 0 Å². The van der Waals surface area contributed by atoms with Gasteiger partial charge in [0.1, 0.15) is 6.04 Å². The predicted molar refractivity (Wildman–Crippen MR) is 74.0 cm³/mol. The maximum atomic E-state index is 13.1. The van der Waals surface area contributed by atoms with Gasteiger partial charge in [-0.25, -0.2) is 0 Å². The largest absolute Gasteiger partial charge is 0.409 e. The molecule has 0 radical (unpaired) electrons. The lowest BCUT2D eigenvalue weighted by atomic mass is 10.1. The Hall–Kier alpha value is -1.40. The van der Waals surface area contributed by atoms with Gasteiger partial charge in [0.2, 0.25) is 0 Å². The number of alkyl halides is 3. The van der Waals surface area contributed by atoms with Crippen molar-refractivity contribution in [2.75, 3.05) is 0 Å². The quantitative estimate of drug-likeness (QED) is 0.897. The molecule has 0 fully saturated rings. The van der Waals surface area contributed by atoms with Crippen molar-refractivity contribution in [2.45, 2.75) is 18.8 Å². The third kappa shape index (κ3) is 4.05. The van der Waals surface area contributed by atoms with Crippen LogP contribution in [0.3, 0.4) is 0 Å². The van der Waals surface area contributed by atoms with Gasteiger partial charge in [-0.1, -0.05) is 30.3 Å². The molecule has 0 saturated carbocycles. The summed E-state index contributed by atoms with van der Waals surface area (Å²) in [6.45, 7) is 0.128. The summed E-state index contributed by atoms with van der Waals surface area (Å²) in [4.78, 5) is 3.83. The monoisotopic (exact) mass is 344 g/mol. The van der Waals surface area contributed by atoms with Crippen molar-refractivity contribution < 1.29 is 13.2 Å². The first-order valence-corrected chi connectivity index (χ1v) is 6.71. The normalized spacial score (nSPS) is 13.2. The van der Waals surface area contributed by atoms with E-state index in [1.807, 2.05) is 6.07 Å². The summed E-state index contributed by atoms with van der Waals surface area (Å²) in [5.74, 6) is 0. The van der Waals surface area contributed by atoms with E-state index >= 15 is 0 Å². The number of halogens is 4. The maximum absolute atomic E-state index is 13.1. The van der Waals surface area contributed by atoms with Crippen LogP contribution >= 0.6 is 15.9 Å². The topological polar surface area (TPSA) is 24.9 Å². The van der Waals surface area contributed by atoms with Crippen LogP contribution in [-0.4, -0.2) is 11.2 Å². The average molecular weight is 345 g/mol. The number of nitrogens with one attached hydrogen (secondary N) is 1. The zero-order valence-electron chi connectivity index (χ0n) is 10.4. The molecule has 6 heteroatoms. The molecule has 106 valence electrons. The lowest BCUT2D eigenvalue weighted by Gasteiger charge is -2.21. The molecule has 0 bridgehead atoms. The summed E-state index contributed by atoms with van der Waals surface area (Å²) >= 11 is 3.16. The molecule has 0 amide bonds. The van der Waals surface area contributed by atoms with Crippen LogP contribution in [0, 0.1) is 0 Å². The smallest absolute Gasteiger partial charge is 0.297 e. The molecular formula is C14H12BrF3N2. The molecule has 20 heavy (non-hydrogen) atoms. The molecule has 1 atom stereocenters. The summed E-state index contributed by atoms with van der Waals surface area (Å²) in [6.07, 6.45) is -3.03. The zero-order valence-corrected chi connectivity index (χ0v) is 11.9. The molecule has 0 aliphatic carbocycles. The minimum Gasteiger partial charge on any atom is -0.297 e. The van der Waals surface area contributed by atoms with E-state index in [-0.39, 0.29) is 12.2 Å². The molecule has 2 aromatic rings. The van der Waals surface area contributed by atoms with E-state index in [0.29, 0.717) is 4.47 Å². The Bertz CT molecular complexity index is 541. The van der Waals surface area contributed by atoms with Crippen LogP contribution in [-0.2, 0) is 6.54 Å². The summed E-state index contributed by atoms with van der Waals surface area (Å²) < 4.78 is 39.9. The highest BCUT2D eigenvalue weighted by Gasteiger charge is 2.41. The molecule has 0 saturated heterocycles. The van der Waals surface area contributed by atoms with Crippen LogP contribution in [0.1, 0.15) is 17.3 Å². The molecule has 1 aromatic carbocycles. The van der Waals surface area contributed by atoms with Gasteiger partial charge in [0.25, 0.3) is 0 Å². The van der Waals surface area contributed by atoms with Gasteiger partial charge in [-0.3, -0.25) is 10.3 Å². The number of hydrogen-bond donors (Lipinski definition) is 1. The highest BCUT2D eigenvalue weighted by Crippen LogP contribution is 2.32. The van der Waals surface area contributed by atoms with Gasteiger partial charge >= 0.3 is 6.18 Å². The zero-order chi connectivity index (χ0) is 14.6. The number of nitrogens with zero attached hydrogens (tertiary/aromatic N) is 1. The molecule has 2 nitrogen and oxygen atoms in total. The minimum atomic E-state index is -4.39. The van der Waals surface area contributed by atoms with Crippen LogP contribution in [0.5, 0.6) is 0 Å². The van der Waals surface area contributed by atoms with Gasteiger partial charge in [0.05, 0.1) is 5.69 Å². The van der Waals surface area contributed by atoms with Gasteiger partial charge in [-0.2, -0.15) is 13.2 Å². The second-order valence-corrected chi connectivity index (χ2v) is 5.16. The summed E-state index contributed by atoms with van der Waals surface area (Å²) in [5, 5.41) is 2.51. The lowest BCUT2D eigenvalue weighted by Crippen LogP contribution is -2.34. The van der Waals surface area contributed by atoms with E-state index in [1.54, 1.807) is 30.3 Å². The number of hydrogen-bond acceptors (Lipinski definition) is 2. The average Bonchev–Trinajstić information content (AvgIpc) is 2.41. The first kappa shape index (κ1) is 15.0. The van der Waals surface area contributed by atoms with E-state index in [9.17, 15) is 13.2 Å². The van der Waals surface area contributed by atoms with Crippen LogP contribution in [0.4, 0.5) is 13.2 Å². The third-order valence-electron chi connectivity index (χ3n) is 2.73. The fraction of sp³-hybridized carbons (Fsp3) is 0.214. The molecule has 0 spiro atoms. The summed E-state index contributed by atoms with van der Waals surface area (Å²) in [6, 6.07) is 10.1. The van der Waals surface area contributed by atoms with Crippen molar-refractivity contribution in [3.63, 3.8) is 0 Å². The van der Waals surface area contributed by atoms with Gasteiger partial charge in [-0.05, 0) is 33.6 Å². The Labute approximate surface area is 123 Å². The van der Waals surface area contributed by atoms with Gasteiger partial charge in [-0.15, -0.1) is 0 Å². The summed E-state index contributed by atoms with van der Waals surface area (Å²) in [5.41, 5.74) is 0.746.